The number of rotatable bonds is 2. The van der Waals surface area contributed by atoms with Crippen molar-refractivity contribution in [3.8, 4) is 0 Å². The fourth-order valence-electron chi connectivity index (χ4n) is 1.43. The fourth-order valence-corrected chi connectivity index (χ4v) is 1.43. The van der Waals surface area contributed by atoms with E-state index in [9.17, 15) is 5.11 Å². The van der Waals surface area contributed by atoms with Crippen LogP contribution < -0.4 is 5.32 Å². The van der Waals surface area contributed by atoms with Crippen LogP contribution >= 0.6 is 0 Å². The predicted octanol–water partition coefficient (Wildman–Crippen LogP) is 0.858. The highest BCUT2D eigenvalue weighted by atomic mass is 16.5. The van der Waals surface area contributed by atoms with E-state index in [-0.39, 0.29) is 12.1 Å². The zero-order valence-electron chi connectivity index (χ0n) is 7.31. The molecule has 2 atom stereocenters. The van der Waals surface area contributed by atoms with Crippen molar-refractivity contribution in [1.82, 2.24) is 0 Å². The molecule has 0 bridgehead atoms. The number of hydrogen-bond acceptors (Lipinski definition) is 3. The third-order valence-electron chi connectivity index (χ3n) is 2.18. The van der Waals surface area contributed by atoms with Gasteiger partial charge in [0.2, 0.25) is 0 Å². The summed E-state index contributed by atoms with van der Waals surface area (Å²) in [6.07, 6.45) is -0.389. The third-order valence-corrected chi connectivity index (χ3v) is 2.18. The van der Waals surface area contributed by atoms with Crippen LogP contribution in [-0.4, -0.2) is 30.5 Å². The second-order valence-corrected chi connectivity index (χ2v) is 3.22. The Balaban J connectivity index is 1.98. The number of aliphatic hydroxyl groups excluding tert-OH is 1. The van der Waals surface area contributed by atoms with Gasteiger partial charge in [-0.25, -0.2) is 0 Å². The molecule has 1 aromatic rings. The first-order valence-corrected chi connectivity index (χ1v) is 4.43. The molecule has 3 heteroatoms. The monoisotopic (exact) mass is 179 g/mol. The molecule has 70 valence electrons. The summed E-state index contributed by atoms with van der Waals surface area (Å²) in [5.41, 5.74) is 1.03. The van der Waals surface area contributed by atoms with E-state index >= 15 is 0 Å². The van der Waals surface area contributed by atoms with Gasteiger partial charge in [-0.2, -0.15) is 0 Å². The minimum atomic E-state index is -0.389. The zero-order chi connectivity index (χ0) is 9.10. The molecule has 2 unspecified atom stereocenters. The fraction of sp³-hybridized carbons (Fsp3) is 0.400. The van der Waals surface area contributed by atoms with E-state index in [4.69, 9.17) is 4.74 Å². The largest absolute Gasteiger partial charge is 0.388 e. The lowest BCUT2D eigenvalue weighted by Crippen LogP contribution is -2.31. The van der Waals surface area contributed by atoms with Crippen LogP contribution in [0, 0.1) is 0 Å². The molecular formula is C10H13NO2. The minimum Gasteiger partial charge on any atom is -0.388 e. The molecule has 1 aromatic carbocycles. The summed E-state index contributed by atoms with van der Waals surface area (Å²) >= 11 is 0. The molecule has 1 saturated heterocycles. The normalized spacial score (nSPS) is 27.5. The highest BCUT2D eigenvalue weighted by Crippen LogP contribution is 2.13. The van der Waals surface area contributed by atoms with Gasteiger partial charge in [-0.05, 0) is 12.1 Å². The summed E-state index contributed by atoms with van der Waals surface area (Å²) in [7, 11) is 0. The van der Waals surface area contributed by atoms with E-state index in [1.807, 2.05) is 30.3 Å². The summed E-state index contributed by atoms with van der Waals surface area (Å²) < 4.78 is 5.13. The Bertz CT molecular complexity index is 263. The van der Waals surface area contributed by atoms with Crippen LogP contribution in [0.2, 0.25) is 0 Å². The lowest BCUT2D eigenvalue weighted by atomic mass is 10.2. The lowest BCUT2D eigenvalue weighted by molar-refractivity contribution is 0.125. The molecule has 1 aliphatic rings. The Labute approximate surface area is 77.3 Å². The van der Waals surface area contributed by atoms with Crippen LogP contribution in [0.4, 0.5) is 5.69 Å². The molecule has 1 fully saturated rings. The Morgan fingerprint density at radius 2 is 2.00 bits per heavy atom. The molecule has 2 rings (SSSR count). The number of nitrogens with one attached hydrogen (secondary N) is 1. The smallest absolute Gasteiger partial charge is 0.0996 e. The van der Waals surface area contributed by atoms with Gasteiger partial charge in [0.1, 0.15) is 0 Å². The molecule has 0 spiro atoms. The van der Waals surface area contributed by atoms with Crippen LogP contribution in [0.1, 0.15) is 0 Å². The summed E-state index contributed by atoms with van der Waals surface area (Å²) in [5.74, 6) is 0. The van der Waals surface area contributed by atoms with Gasteiger partial charge in [0.25, 0.3) is 0 Å². The first kappa shape index (κ1) is 8.53. The molecule has 2 N–H and O–H groups in total. The molecule has 0 aromatic heterocycles. The van der Waals surface area contributed by atoms with E-state index in [1.54, 1.807) is 0 Å². The van der Waals surface area contributed by atoms with Gasteiger partial charge in [0, 0.05) is 5.69 Å². The van der Waals surface area contributed by atoms with Crippen molar-refractivity contribution in [3.05, 3.63) is 30.3 Å². The molecule has 1 aliphatic heterocycles. The third kappa shape index (κ3) is 1.99. The van der Waals surface area contributed by atoms with Crippen molar-refractivity contribution < 1.29 is 9.84 Å². The van der Waals surface area contributed by atoms with E-state index in [0.29, 0.717) is 13.2 Å². The lowest BCUT2D eigenvalue weighted by Gasteiger charge is -2.15. The number of anilines is 1. The highest BCUT2D eigenvalue weighted by Gasteiger charge is 2.25. The number of aliphatic hydroxyl groups is 1. The van der Waals surface area contributed by atoms with Crippen LogP contribution in [-0.2, 0) is 4.74 Å². The maximum Gasteiger partial charge on any atom is 0.0996 e. The Hall–Kier alpha value is -1.06. The average molecular weight is 179 g/mol. The quantitative estimate of drug-likeness (QED) is 0.707. The Morgan fingerprint density at radius 1 is 1.23 bits per heavy atom. The van der Waals surface area contributed by atoms with Gasteiger partial charge in [-0.15, -0.1) is 0 Å². The summed E-state index contributed by atoms with van der Waals surface area (Å²) in [6.45, 7) is 1.01. The molecule has 0 saturated carbocycles. The van der Waals surface area contributed by atoms with Crippen molar-refractivity contribution in [2.45, 2.75) is 12.1 Å². The first-order valence-electron chi connectivity index (χ1n) is 4.43. The maximum atomic E-state index is 9.46. The Morgan fingerprint density at radius 3 is 2.62 bits per heavy atom. The van der Waals surface area contributed by atoms with Gasteiger partial charge >= 0.3 is 0 Å². The predicted molar refractivity (Wildman–Crippen MR) is 50.7 cm³/mol. The van der Waals surface area contributed by atoms with Crippen molar-refractivity contribution in [3.63, 3.8) is 0 Å². The van der Waals surface area contributed by atoms with E-state index in [1.165, 1.54) is 0 Å². The number of benzene rings is 1. The summed E-state index contributed by atoms with van der Waals surface area (Å²) in [4.78, 5) is 0. The van der Waals surface area contributed by atoms with E-state index in [0.717, 1.165) is 5.69 Å². The standard InChI is InChI=1S/C10H13NO2/c12-10-7-13-6-9(10)11-8-4-2-1-3-5-8/h1-5,9-12H,6-7H2. The first-order chi connectivity index (χ1) is 6.36. The SMILES string of the molecule is OC1COCC1Nc1ccccc1. The molecule has 3 nitrogen and oxygen atoms in total. The summed E-state index contributed by atoms with van der Waals surface area (Å²) in [6, 6.07) is 9.88. The number of hydrogen-bond donors (Lipinski definition) is 2. The zero-order valence-corrected chi connectivity index (χ0v) is 7.31. The molecule has 0 radical (unpaired) electrons. The van der Waals surface area contributed by atoms with Crippen LogP contribution in [0.3, 0.4) is 0 Å². The topological polar surface area (TPSA) is 41.5 Å². The van der Waals surface area contributed by atoms with Crippen LogP contribution in [0.25, 0.3) is 0 Å². The van der Waals surface area contributed by atoms with Crippen molar-refractivity contribution in [1.29, 1.82) is 0 Å². The molecule has 0 aliphatic carbocycles. The van der Waals surface area contributed by atoms with Crippen molar-refractivity contribution in [2.75, 3.05) is 18.5 Å². The second kappa shape index (κ2) is 3.77. The Kier molecular flexibility index (Phi) is 2.47. The maximum absolute atomic E-state index is 9.46. The van der Waals surface area contributed by atoms with Crippen LogP contribution in [0.15, 0.2) is 30.3 Å². The van der Waals surface area contributed by atoms with Crippen molar-refractivity contribution in [2.24, 2.45) is 0 Å². The summed E-state index contributed by atoms with van der Waals surface area (Å²) in [5, 5.41) is 12.7. The minimum absolute atomic E-state index is 0.0300. The van der Waals surface area contributed by atoms with Gasteiger partial charge in [-0.3, -0.25) is 0 Å². The number of para-hydroxylation sites is 1. The van der Waals surface area contributed by atoms with Gasteiger partial charge in [0.05, 0.1) is 25.4 Å². The van der Waals surface area contributed by atoms with E-state index < -0.39 is 0 Å². The van der Waals surface area contributed by atoms with E-state index in [2.05, 4.69) is 5.32 Å². The van der Waals surface area contributed by atoms with Crippen molar-refractivity contribution >= 4 is 5.69 Å². The highest BCUT2D eigenvalue weighted by molar-refractivity contribution is 5.43. The van der Waals surface area contributed by atoms with Gasteiger partial charge < -0.3 is 15.2 Å². The molecular weight excluding hydrogens is 166 g/mol. The second-order valence-electron chi connectivity index (χ2n) is 3.22. The van der Waals surface area contributed by atoms with Crippen LogP contribution in [0.5, 0.6) is 0 Å². The molecule has 0 amide bonds. The average Bonchev–Trinajstić information content (AvgIpc) is 2.54. The number of ether oxygens (including phenoxy) is 1. The van der Waals surface area contributed by atoms with Gasteiger partial charge in [-0.1, -0.05) is 18.2 Å². The molecule has 1 heterocycles. The molecule has 13 heavy (non-hydrogen) atoms. The van der Waals surface area contributed by atoms with Gasteiger partial charge in [0.15, 0.2) is 0 Å².